The van der Waals surface area contributed by atoms with Crippen LogP contribution in [0.5, 0.6) is 28.9 Å². The van der Waals surface area contributed by atoms with Gasteiger partial charge in [-0.3, -0.25) is 4.18 Å². The normalized spacial score (nSPS) is 15.2. The Morgan fingerprint density at radius 2 is 1.69 bits per heavy atom. The van der Waals surface area contributed by atoms with Crippen molar-refractivity contribution in [2.45, 2.75) is 50.9 Å². The first kappa shape index (κ1) is 45.3. The van der Waals surface area contributed by atoms with E-state index >= 15 is 0 Å². The average molecular weight is 1060 g/mol. The number of carboxylic acids is 1. The molecule has 0 saturated heterocycles. The highest BCUT2D eigenvalue weighted by atomic mass is 127. The lowest BCUT2D eigenvalue weighted by atomic mass is 9.95. The number of benzene rings is 4. The average Bonchev–Trinajstić information content (AvgIpc) is 3.62. The molecule has 0 amide bonds. The van der Waals surface area contributed by atoms with Crippen LogP contribution in [0.2, 0.25) is 10.0 Å². The number of hydrogen-bond acceptors (Lipinski definition) is 14. The minimum Gasteiger partial charge on any atom is -0.496 e. The molecule has 0 aliphatic carbocycles. The van der Waals surface area contributed by atoms with Crippen molar-refractivity contribution in [3.8, 4) is 51.4 Å². The van der Waals surface area contributed by atoms with E-state index in [4.69, 9.17) is 56.1 Å². The summed E-state index contributed by atoms with van der Waals surface area (Å²) in [5, 5.41) is 11.5. The third kappa shape index (κ3) is 9.41. The molecule has 9 rings (SSSR count). The number of para-hydroxylation sites is 1. The van der Waals surface area contributed by atoms with Gasteiger partial charge in [-0.05, 0) is 109 Å². The second kappa shape index (κ2) is 19.0. The maximum Gasteiger partial charge on any atom is 0.345 e. The van der Waals surface area contributed by atoms with Crippen molar-refractivity contribution in [2.24, 2.45) is 0 Å². The lowest BCUT2D eigenvalue weighted by Gasteiger charge is -2.24. The molecule has 2 atom stereocenters. The molecule has 0 fully saturated rings. The third-order valence-electron chi connectivity index (χ3n) is 10.3. The summed E-state index contributed by atoms with van der Waals surface area (Å²) < 4.78 is 64.1. The maximum absolute atomic E-state index is 13.4. The summed E-state index contributed by atoms with van der Waals surface area (Å²) in [5.41, 5.74) is 4.94. The number of aryl methyl sites for hydroxylation is 1. The summed E-state index contributed by atoms with van der Waals surface area (Å²) in [6, 6.07) is 20.2. The van der Waals surface area contributed by atoms with E-state index in [0.29, 0.717) is 66.6 Å². The van der Waals surface area contributed by atoms with Crippen LogP contribution < -0.4 is 23.7 Å². The molecule has 0 unspecified atom stereocenters. The Morgan fingerprint density at radius 3 is 2.42 bits per heavy atom. The van der Waals surface area contributed by atoms with Crippen molar-refractivity contribution in [2.75, 3.05) is 20.3 Å². The molecule has 330 valence electrons. The van der Waals surface area contributed by atoms with Gasteiger partial charge >= 0.3 is 5.97 Å². The lowest BCUT2D eigenvalue weighted by molar-refractivity contribution is -0.145. The number of rotatable bonds is 10. The van der Waals surface area contributed by atoms with Crippen LogP contribution in [0.25, 0.3) is 32.7 Å². The molecular weight excluding hydrogens is 1020 g/mol. The minimum atomic E-state index is -4.24. The van der Waals surface area contributed by atoms with Crippen molar-refractivity contribution in [1.82, 2.24) is 19.9 Å². The molecule has 4 aromatic carbocycles. The van der Waals surface area contributed by atoms with E-state index in [-0.39, 0.29) is 52.0 Å². The van der Waals surface area contributed by atoms with Gasteiger partial charge in [0.2, 0.25) is 12.0 Å². The number of hydrogen-bond donors (Lipinski definition) is 1. The second-order valence-electron chi connectivity index (χ2n) is 14.6. The molecule has 5 heterocycles. The largest absolute Gasteiger partial charge is 0.496 e. The standard InChI is InChI=1S/C45H37Cl2IN4O10S2/c1-23-9-12-30(13-10-23)64(55,56)60-21-29-20-58-28-11-14-32(59-19-27-15-16-49-42(52-27)31-7-5-6-8-33(31)57-4)26(17-28)18-34(45(53)54)62-43-37-36(41(48)63-44(37)51-22-50-43)35-24(2)38(46)40(61-29)39(47)25(35)3/h5-17,22,29,34H,18-21H2,1-4H3,(H,53,54)/t29-,34+/m0/s1. The number of carboxylic acid groups (broad SMARTS) is 1. The van der Waals surface area contributed by atoms with Gasteiger partial charge in [0.05, 0.1) is 41.6 Å². The van der Waals surface area contributed by atoms with Gasteiger partial charge in [-0.25, -0.2) is 24.7 Å². The second-order valence-corrected chi connectivity index (χ2v) is 19.8. The van der Waals surface area contributed by atoms with E-state index in [2.05, 4.69) is 37.5 Å². The Hall–Kier alpha value is -5.31. The zero-order valence-corrected chi connectivity index (χ0v) is 39.7. The van der Waals surface area contributed by atoms with Gasteiger partial charge in [0, 0.05) is 23.7 Å². The topological polar surface area (TPSA) is 178 Å². The number of aliphatic carboxylic acids is 1. The Labute approximate surface area is 395 Å². The first-order valence-electron chi connectivity index (χ1n) is 19.5. The zero-order chi connectivity index (χ0) is 45.3. The van der Waals surface area contributed by atoms with Gasteiger partial charge in [-0.1, -0.05) is 53.0 Å². The first-order chi connectivity index (χ1) is 30.7. The van der Waals surface area contributed by atoms with Crippen molar-refractivity contribution >= 4 is 83.4 Å². The first-order valence-corrected chi connectivity index (χ1v) is 23.6. The SMILES string of the molecule is COc1ccccc1-c1nccc(COc2ccc3cc2C[C@H](C(=O)O)Oc2ncnc4sc(I)c(c24)-c2c(C)c(Cl)c(c(Cl)c2C)O[C@H](COS(=O)(=O)c2ccc(C)cc2)CO3)n1. The van der Waals surface area contributed by atoms with E-state index in [1.807, 2.05) is 31.2 Å². The highest BCUT2D eigenvalue weighted by molar-refractivity contribution is 14.1. The van der Waals surface area contributed by atoms with Crippen molar-refractivity contribution in [3.63, 3.8) is 0 Å². The molecule has 3 aromatic heterocycles. The van der Waals surface area contributed by atoms with Gasteiger partial charge < -0.3 is 28.8 Å². The summed E-state index contributed by atoms with van der Waals surface area (Å²) in [4.78, 5) is 31.7. The monoisotopic (exact) mass is 1050 g/mol. The predicted molar refractivity (Wildman–Crippen MR) is 250 cm³/mol. The molecule has 0 spiro atoms. The fourth-order valence-corrected chi connectivity index (χ4v) is 10.6. The van der Waals surface area contributed by atoms with Crippen LogP contribution in [-0.2, 0) is 32.1 Å². The summed E-state index contributed by atoms with van der Waals surface area (Å²) in [5.74, 6) is 0.477. The van der Waals surface area contributed by atoms with E-state index in [1.54, 1.807) is 63.6 Å². The number of methoxy groups -OCH3 is 1. The van der Waals surface area contributed by atoms with Crippen molar-refractivity contribution in [3.05, 3.63) is 126 Å². The molecule has 2 aliphatic rings. The molecular formula is C45H37Cl2IN4O10S2. The molecule has 19 heteroatoms. The van der Waals surface area contributed by atoms with E-state index in [0.717, 1.165) is 8.45 Å². The quantitative estimate of drug-likeness (QED) is 0.101. The Kier molecular flexibility index (Phi) is 13.5. The van der Waals surface area contributed by atoms with E-state index < -0.39 is 34.9 Å². The summed E-state index contributed by atoms with van der Waals surface area (Å²) in [6.07, 6.45) is 0.146. The van der Waals surface area contributed by atoms with Crippen molar-refractivity contribution in [1.29, 1.82) is 0 Å². The molecule has 7 aromatic rings. The van der Waals surface area contributed by atoms with Gasteiger partial charge in [-0.15, -0.1) is 11.3 Å². The highest BCUT2D eigenvalue weighted by Gasteiger charge is 2.31. The third-order valence-corrected chi connectivity index (χ3v) is 14.6. The molecule has 0 radical (unpaired) electrons. The van der Waals surface area contributed by atoms with Crippen LogP contribution >= 0.6 is 57.1 Å². The zero-order valence-electron chi connectivity index (χ0n) is 34.4. The van der Waals surface area contributed by atoms with Crippen LogP contribution in [0, 0.1) is 23.7 Å². The predicted octanol–water partition coefficient (Wildman–Crippen LogP) is 9.86. The number of aromatic nitrogens is 4. The maximum atomic E-state index is 13.4. The van der Waals surface area contributed by atoms with E-state index in [1.165, 1.54) is 29.8 Å². The number of carbonyl (C=O) groups is 1. The molecule has 1 N–H and O–H groups in total. The van der Waals surface area contributed by atoms with Crippen LogP contribution in [0.1, 0.15) is 27.9 Å². The molecule has 4 bridgehead atoms. The molecule has 0 saturated carbocycles. The fraction of sp³-hybridized carbons (Fsp3) is 0.222. The number of thiophene rings is 1. The molecule has 14 nitrogen and oxygen atoms in total. The fourth-order valence-electron chi connectivity index (χ4n) is 7.07. The van der Waals surface area contributed by atoms with E-state index in [9.17, 15) is 18.3 Å². The van der Waals surface area contributed by atoms with Crippen LogP contribution in [0.4, 0.5) is 0 Å². The molecule has 2 aliphatic heterocycles. The van der Waals surface area contributed by atoms with Crippen LogP contribution in [0.15, 0.2) is 90.2 Å². The highest BCUT2D eigenvalue weighted by Crippen LogP contribution is 2.50. The van der Waals surface area contributed by atoms with Gasteiger partial charge in [0.1, 0.15) is 48.2 Å². The number of fused-ring (bicyclic) bond motifs is 7. The minimum absolute atomic E-state index is 0.0140. The van der Waals surface area contributed by atoms with Gasteiger partial charge in [0.15, 0.2) is 17.7 Å². The van der Waals surface area contributed by atoms with Crippen LogP contribution in [-0.4, -0.2) is 72.0 Å². The Balaban J connectivity index is 1.21. The summed E-state index contributed by atoms with van der Waals surface area (Å²) in [6.45, 7) is 4.67. The van der Waals surface area contributed by atoms with Gasteiger partial charge in [0.25, 0.3) is 10.1 Å². The number of ether oxygens (including phenoxy) is 5. The Morgan fingerprint density at radius 1 is 0.938 bits per heavy atom. The van der Waals surface area contributed by atoms with Crippen LogP contribution in [0.3, 0.4) is 0 Å². The summed E-state index contributed by atoms with van der Waals surface area (Å²) in [7, 11) is -2.67. The van der Waals surface area contributed by atoms with Gasteiger partial charge in [-0.2, -0.15) is 8.42 Å². The summed E-state index contributed by atoms with van der Waals surface area (Å²) >= 11 is 17.8. The smallest absolute Gasteiger partial charge is 0.345 e. The molecule has 64 heavy (non-hydrogen) atoms. The number of halogens is 3. The lowest BCUT2D eigenvalue weighted by Crippen LogP contribution is -2.32. The number of nitrogens with zero attached hydrogens (tertiary/aromatic N) is 4. The Bertz CT molecular complexity index is 3000. The van der Waals surface area contributed by atoms with Crippen molar-refractivity contribution < 1.29 is 46.2 Å².